The Kier molecular flexibility index (Phi) is 3.79. The van der Waals surface area contributed by atoms with E-state index in [1.54, 1.807) is 4.31 Å². The highest BCUT2D eigenvalue weighted by atomic mass is 32.2. The van der Waals surface area contributed by atoms with Crippen molar-refractivity contribution in [2.45, 2.75) is 32.6 Å². The Hall–Kier alpha value is -0.620. The van der Waals surface area contributed by atoms with Crippen LogP contribution in [-0.2, 0) is 14.8 Å². The smallest absolute Gasteiger partial charge is 0.227 e. The zero-order chi connectivity index (χ0) is 14.3. The van der Waals surface area contributed by atoms with E-state index in [0.29, 0.717) is 25.4 Å². The molecular formula is C14H24N2O3S. The average Bonchev–Trinajstić information content (AvgIpc) is 3.08. The molecule has 0 N–H and O–H groups in total. The maximum atomic E-state index is 12.5. The van der Waals surface area contributed by atoms with Gasteiger partial charge in [-0.1, -0.05) is 6.92 Å². The molecule has 0 aromatic heterocycles. The standard InChI is InChI=1S/C14H24N2O3S/c1-2-7-20(18,19)16-9-12-5-6-15(8-11-3-4-11)14(17)13(12)10-16/h11-13H,2-10H2,1H3/t12-,13+/m1/s1. The van der Waals surface area contributed by atoms with Crippen LogP contribution in [-0.4, -0.2) is 55.5 Å². The second-order valence-electron chi connectivity index (χ2n) is 6.52. The fraction of sp³-hybridized carbons (Fsp3) is 0.929. The quantitative estimate of drug-likeness (QED) is 0.758. The number of piperidine rings is 1. The first-order chi connectivity index (χ1) is 9.51. The molecule has 2 atom stereocenters. The Morgan fingerprint density at radius 1 is 1.20 bits per heavy atom. The normalized spacial score (nSPS) is 31.6. The van der Waals surface area contributed by atoms with Gasteiger partial charge in [0.15, 0.2) is 0 Å². The lowest BCUT2D eigenvalue weighted by atomic mass is 9.88. The molecule has 1 amide bonds. The molecule has 1 saturated carbocycles. The van der Waals surface area contributed by atoms with Crippen molar-refractivity contribution in [2.75, 3.05) is 31.9 Å². The SMILES string of the molecule is CCCS(=O)(=O)N1C[C@H]2CCN(CC3CC3)C(=O)[C@H]2C1. The van der Waals surface area contributed by atoms with E-state index in [2.05, 4.69) is 0 Å². The number of carbonyl (C=O) groups excluding carboxylic acids is 1. The highest BCUT2D eigenvalue weighted by Crippen LogP contribution is 2.36. The minimum Gasteiger partial charge on any atom is -0.342 e. The molecule has 2 saturated heterocycles. The number of amides is 1. The molecule has 5 nitrogen and oxygen atoms in total. The number of fused-ring (bicyclic) bond motifs is 1. The lowest BCUT2D eigenvalue weighted by molar-refractivity contribution is -0.139. The first-order valence-electron chi connectivity index (χ1n) is 7.78. The Morgan fingerprint density at radius 3 is 2.60 bits per heavy atom. The van der Waals surface area contributed by atoms with Gasteiger partial charge in [-0.25, -0.2) is 12.7 Å². The van der Waals surface area contributed by atoms with Crippen molar-refractivity contribution in [3.8, 4) is 0 Å². The number of hydrogen-bond donors (Lipinski definition) is 0. The third-order valence-corrected chi connectivity index (χ3v) is 6.85. The fourth-order valence-corrected chi connectivity index (χ4v) is 5.06. The Balaban J connectivity index is 1.66. The number of nitrogens with zero attached hydrogens (tertiary/aromatic N) is 2. The first-order valence-corrected chi connectivity index (χ1v) is 9.38. The number of carbonyl (C=O) groups is 1. The van der Waals surface area contributed by atoms with E-state index < -0.39 is 10.0 Å². The molecule has 3 aliphatic rings. The number of hydrogen-bond acceptors (Lipinski definition) is 3. The Morgan fingerprint density at radius 2 is 1.95 bits per heavy atom. The monoisotopic (exact) mass is 300 g/mol. The van der Waals surface area contributed by atoms with Crippen LogP contribution in [0, 0.1) is 17.8 Å². The molecule has 0 spiro atoms. The molecule has 2 heterocycles. The zero-order valence-electron chi connectivity index (χ0n) is 12.1. The molecule has 114 valence electrons. The predicted octanol–water partition coefficient (Wildman–Crippen LogP) is 0.917. The van der Waals surface area contributed by atoms with Crippen molar-refractivity contribution < 1.29 is 13.2 Å². The summed E-state index contributed by atoms with van der Waals surface area (Å²) in [5.41, 5.74) is 0. The maximum Gasteiger partial charge on any atom is 0.227 e. The van der Waals surface area contributed by atoms with Crippen LogP contribution in [0.15, 0.2) is 0 Å². The van der Waals surface area contributed by atoms with Crippen LogP contribution < -0.4 is 0 Å². The van der Waals surface area contributed by atoms with Gasteiger partial charge in [-0.2, -0.15) is 0 Å². The van der Waals surface area contributed by atoms with Crippen LogP contribution in [0.1, 0.15) is 32.6 Å². The van der Waals surface area contributed by atoms with E-state index in [-0.39, 0.29) is 23.5 Å². The third-order valence-electron chi connectivity index (χ3n) is 4.84. The summed E-state index contributed by atoms with van der Waals surface area (Å²) in [6.07, 6.45) is 4.08. The second kappa shape index (κ2) is 5.30. The summed E-state index contributed by atoms with van der Waals surface area (Å²) in [6.45, 7) is 4.55. The van der Waals surface area contributed by atoms with Gasteiger partial charge in [-0.3, -0.25) is 4.79 Å². The van der Waals surface area contributed by atoms with Gasteiger partial charge >= 0.3 is 0 Å². The number of rotatable bonds is 5. The van der Waals surface area contributed by atoms with Gasteiger partial charge in [0.2, 0.25) is 15.9 Å². The molecule has 3 fully saturated rings. The molecule has 3 rings (SSSR count). The van der Waals surface area contributed by atoms with Crippen molar-refractivity contribution in [3.63, 3.8) is 0 Å². The van der Waals surface area contributed by atoms with Gasteiger partial charge in [0, 0.05) is 26.2 Å². The van der Waals surface area contributed by atoms with E-state index >= 15 is 0 Å². The van der Waals surface area contributed by atoms with Gasteiger partial charge in [0.05, 0.1) is 11.7 Å². The summed E-state index contributed by atoms with van der Waals surface area (Å²) in [5, 5.41) is 0. The fourth-order valence-electron chi connectivity index (χ4n) is 3.48. The molecule has 0 aromatic rings. The molecule has 2 aliphatic heterocycles. The van der Waals surface area contributed by atoms with Crippen LogP contribution in [0.5, 0.6) is 0 Å². The van der Waals surface area contributed by atoms with Gasteiger partial charge in [-0.05, 0) is 37.5 Å². The highest BCUT2D eigenvalue weighted by molar-refractivity contribution is 7.89. The van der Waals surface area contributed by atoms with Crippen LogP contribution >= 0.6 is 0 Å². The maximum absolute atomic E-state index is 12.5. The first kappa shape index (κ1) is 14.3. The summed E-state index contributed by atoms with van der Waals surface area (Å²) < 4.78 is 25.9. The van der Waals surface area contributed by atoms with Gasteiger partial charge < -0.3 is 4.90 Å². The number of likely N-dealkylation sites (tertiary alicyclic amines) is 1. The predicted molar refractivity (Wildman–Crippen MR) is 76.6 cm³/mol. The summed E-state index contributed by atoms with van der Waals surface area (Å²) in [6, 6.07) is 0. The molecule has 0 bridgehead atoms. The molecule has 0 unspecified atom stereocenters. The highest BCUT2D eigenvalue weighted by Gasteiger charge is 2.46. The van der Waals surface area contributed by atoms with E-state index in [9.17, 15) is 13.2 Å². The van der Waals surface area contributed by atoms with E-state index in [0.717, 1.165) is 19.5 Å². The van der Waals surface area contributed by atoms with Crippen molar-refractivity contribution in [2.24, 2.45) is 17.8 Å². The van der Waals surface area contributed by atoms with Crippen LogP contribution in [0.4, 0.5) is 0 Å². The van der Waals surface area contributed by atoms with E-state index in [1.807, 2.05) is 11.8 Å². The summed E-state index contributed by atoms with van der Waals surface area (Å²) in [5.74, 6) is 1.25. The van der Waals surface area contributed by atoms with E-state index in [4.69, 9.17) is 0 Å². The van der Waals surface area contributed by atoms with Gasteiger partial charge in [0.1, 0.15) is 0 Å². The summed E-state index contributed by atoms with van der Waals surface area (Å²) >= 11 is 0. The lowest BCUT2D eigenvalue weighted by Gasteiger charge is -2.33. The van der Waals surface area contributed by atoms with Crippen LogP contribution in [0.25, 0.3) is 0 Å². The van der Waals surface area contributed by atoms with Crippen molar-refractivity contribution >= 4 is 15.9 Å². The topological polar surface area (TPSA) is 57.7 Å². The average molecular weight is 300 g/mol. The minimum absolute atomic E-state index is 0.0888. The molecular weight excluding hydrogens is 276 g/mol. The van der Waals surface area contributed by atoms with Crippen molar-refractivity contribution in [1.82, 2.24) is 9.21 Å². The summed E-state index contributed by atoms with van der Waals surface area (Å²) in [4.78, 5) is 14.5. The second-order valence-corrected chi connectivity index (χ2v) is 8.60. The van der Waals surface area contributed by atoms with Crippen molar-refractivity contribution in [3.05, 3.63) is 0 Å². The molecule has 0 aromatic carbocycles. The third kappa shape index (κ3) is 2.72. The lowest BCUT2D eigenvalue weighted by Crippen LogP contribution is -2.46. The largest absolute Gasteiger partial charge is 0.342 e. The zero-order valence-corrected chi connectivity index (χ0v) is 12.9. The Bertz CT molecular complexity index is 487. The van der Waals surface area contributed by atoms with Gasteiger partial charge in [-0.15, -0.1) is 0 Å². The van der Waals surface area contributed by atoms with Crippen LogP contribution in [0.3, 0.4) is 0 Å². The minimum atomic E-state index is -3.16. The van der Waals surface area contributed by atoms with Crippen molar-refractivity contribution in [1.29, 1.82) is 0 Å². The van der Waals surface area contributed by atoms with Crippen LogP contribution in [0.2, 0.25) is 0 Å². The summed E-state index contributed by atoms with van der Waals surface area (Å²) in [7, 11) is -3.16. The van der Waals surface area contributed by atoms with E-state index in [1.165, 1.54) is 12.8 Å². The molecule has 20 heavy (non-hydrogen) atoms. The van der Waals surface area contributed by atoms with Gasteiger partial charge in [0.25, 0.3) is 0 Å². The number of sulfonamides is 1. The molecule has 0 radical (unpaired) electrons. The molecule has 1 aliphatic carbocycles. The molecule has 6 heteroatoms. The Labute approximate surface area is 121 Å².